The van der Waals surface area contributed by atoms with Crippen LogP contribution in [-0.2, 0) is 0 Å². The Bertz CT molecular complexity index is 363. The number of aromatic nitrogens is 1. The molecule has 76 valence electrons. The van der Waals surface area contributed by atoms with Crippen LogP contribution in [0.15, 0.2) is 15.1 Å². The van der Waals surface area contributed by atoms with Gasteiger partial charge in [0, 0.05) is 20.4 Å². The fraction of sp³-hybridized carbons (Fsp3) is 0.167. The molecule has 0 aliphatic carbocycles. The first-order chi connectivity index (χ1) is 6.43. The van der Waals surface area contributed by atoms with Crippen LogP contribution < -0.4 is 0 Å². The maximum Gasteiger partial charge on any atom is 0.365 e. The molecule has 4 nitrogen and oxygen atoms in total. The van der Waals surface area contributed by atoms with Crippen molar-refractivity contribution in [2.24, 2.45) is 0 Å². The van der Waals surface area contributed by atoms with Gasteiger partial charge in [-0.25, -0.2) is 8.78 Å². The lowest BCUT2D eigenvalue weighted by atomic mass is 10.3. The highest BCUT2D eigenvalue weighted by Gasteiger charge is 2.23. The van der Waals surface area contributed by atoms with Crippen molar-refractivity contribution < 1.29 is 13.7 Å². The molecule has 0 radical (unpaired) electrons. The number of rotatable bonds is 2. The van der Waals surface area contributed by atoms with Crippen molar-refractivity contribution in [2.45, 2.75) is 6.43 Å². The van der Waals surface area contributed by atoms with Crippen molar-refractivity contribution in [1.29, 1.82) is 0 Å². The van der Waals surface area contributed by atoms with Crippen molar-refractivity contribution in [3.05, 3.63) is 30.8 Å². The first kappa shape index (κ1) is 11.4. The first-order valence-corrected chi connectivity index (χ1v) is 4.80. The molecule has 0 saturated heterocycles. The van der Waals surface area contributed by atoms with Gasteiger partial charge >= 0.3 is 5.82 Å². The van der Waals surface area contributed by atoms with Gasteiger partial charge in [0.05, 0.1) is 11.6 Å². The maximum atomic E-state index is 12.4. The smallest absolute Gasteiger partial charge is 0.358 e. The summed E-state index contributed by atoms with van der Waals surface area (Å²) in [5, 5.41) is 10.3. The molecule has 0 aliphatic rings. The summed E-state index contributed by atoms with van der Waals surface area (Å²) in [5.74, 6) is -0.492. The van der Waals surface area contributed by atoms with Crippen LogP contribution in [0.25, 0.3) is 0 Å². The Kier molecular flexibility index (Phi) is 3.48. The molecule has 1 aromatic rings. The lowest BCUT2D eigenvalue weighted by Crippen LogP contribution is -1.97. The lowest BCUT2D eigenvalue weighted by molar-refractivity contribution is -0.389. The molecule has 8 heteroatoms. The summed E-state index contributed by atoms with van der Waals surface area (Å²) in [6.45, 7) is 0. The monoisotopic (exact) mass is 330 g/mol. The quantitative estimate of drug-likeness (QED) is 0.474. The number of nitrogens with zero attached hydrogens (tertiary/aromatic N) is 2. The molecule has 0 spiro atoms. The average Bonchev–Trinajstić information content (AvgIpc) is 2.01. The third kappa shape index (κ3) is 2.24. The van der Waals surface area contributed by atoms with Crippen LogP contribution in [0.3, 0.4) is 0 Å². The Morgan fingerprint density at radius 3 is 2.43 bits per heavy atom. The van der Waals surface area contributed by atoms with Crippen molar-refractivity contribution >= 4 is 37.7 Å². The zero-order valence-corrected chi connectivity index (χ0v) is 9.55. The molecule has 0 aromatic carbocycles. The summed E-state index contributed by atoms with van der Waals surface area (Å²) in [5.41, 5.74) is -0.393. The van der Waals surface area contributed by atoms with E-state index in [2.05, 4.69) is 36.8 Å². The molecular weight excluding hydrogens is 330 g/mol. The van der Waals surface area contributed by atoms with Crippen LogP contribution >= 0.6 is 31.9 Å². The van der Waals surface area contributed by atoms with Gasteiger partial charge in [0.25, 0.3) is 6.43 Å². The van der Waals surface area contributed by atoms with Crippen LogP contribution in [0, 0.1) is 10.1 Å². The number of hydrogen-bond donors (Lipinski definition) is 0. The Morgan fingerprint density at radius 2 is 2.07 bits per heavy atom. The highest BCUT2D eigenvalue weighted by atomic mass is 79.9. The number of hydrogen-bond acceptors (Lipinski definition) is 3. The molecule has 0 atom stereocenters. The standard InChI is InChI=1S/C6H2Br2F2N2O2/c7-2-1-3(12(13)14)11-5(8)4(2)6(9)10/h1,6H. The largest absolute Gasteiger partial charge is 0.365 e. The van der Waals surface area contributed by atoms with E-state index < -0.39 is 22.7 Å². The van der Waals surface area contributed by atoms with Crippen LogP contribution in [-0.4, -0.2) is 9.91 Å². The molecule has 14 heavy (non-hydrogen) atoms. The molecule has 0 unspecified atom stereocenters. The molecule has 1 aromatic heterocycles. The fourth-order valence-electron chi connectivity index (χ4n) is 0.771. The highest BCUT2D eigenvalue weighted by molar-refractivity contribution is 9.11. The Labute approximate surface area is 93.7 Å². The van der Waals surface area contributed by atoms with Crippen molar-refractivity contribution in [2.75, 3.05) is 0 Å². The van der Waals surface area contributed by atoms with E-state index in [4.69, 9.17) is 0 Å². The molecule has 0 bridgehead atoms. The highest BCUT2D eigenvalue weighted by Crippen LogP contribution is 2.34. The minimum Gasteiger partial charge on any atom is -0.358 e. The van der Waals surface area contributed by atoms with Crippen molar-refractivity contribution in [3.8, 4) is 0 Å². The van der Waals surface area contributed by atoms with E-state index in [1.54, 1.807) is 0 Å². The van der Waals surface area contributed by atoms with Gasteiger partial charge in [-0.3, -0.25) is 0 Å². The minimum atomic E-state index is -2.74. The second kappa shape index (κ2) is 4.26. The number of halogens is 4. The summed E-state index contributed by atoms with van der Waals surface area (Å²) in [6, 6.07) is 0.937. The molecule has 1 heterocycles. The van der Waals surface area contributed by atoms with Gasteiger partial charge in [-0.1, -0.05) is 0 Å². The van der Waals surface area contributed by atoms with E-state index >= 15 is 0 Å². The van der Waals surface area contributed by atoms with Crippen molar-refractivity contribution in [1.82, 2.24) is 4.98 Å². The van der Waals surface area contributed by atoms with Gasteiger partial charge in [0.2, 0.25) is 4.60 Å². The lowest BCUT2D eigenvalue weighted by Gasteiger charge is -2.02. The van der Waals surface area contributed by atoms with E-state index in [1.807, 2.05) is 0 Å². The number of alkyl halides is 2. The molecule has 0 amide bonds. The molecule has 0 saturated carbocycles. The predicted molar refractivity (Wildman–Crippen MR) is 51.2 cm³/mol. The van der Waals surface area contributed by atoms with Crippen LogP contribution in [0.1, 0.15) is 12.0 Å². The van der Waals surface area contributed by atoms with Crippen LogP contribution in [0.4, 0.5) is 14.6 Å². The van der Waals surface area contributed by atoms with Crippen molar-refractivity contribution in [3.63, 3.8) is 0 Å². The molecule has 0 fully saturated rings. The molecule has 1 rings (SSSR count). The topological polar surface area (TPSA) is 56.0 Å². The Balaban J connectivity index is 3.32. The maximum absolute atomic E-state index is 12.4. The third-order valence-corrected chi connectivity index (χ3v) is 2.61. The van der Waals surface area contributed by atoms with Gasteiger partial charge in [0.1, 0.15) is 0 Å². The molecule has 0 N–H and O–H groups in total. The Hall–Kier alpha value is -0.630. The van der Waals surface area contributed by atoms with Gasteiger partial charge in [0.15, 0.2) is 0 Å². The molecular formula is C6H2Br2F2N2O2. The van der Waals surface area contributed by atoms with Gasteiger partial charge in [-0.05, 0) is 25.8 Å². The second-order valence-corrected chi connectivity index (χ2v) is 3.83. The first-order valence-electron chi connectivity index (χ1n) is 3.22. The summed E-state index contributed by atoms with van der Waals surface area (Å²) >= 11 is 5.55. The van der Waals surface area contributed by atoms with Crippen LogP contribution in [0.2, 0.25) is 0 Å². The van der Waals surface area contributed by atoms with Gasteiger partial charge in [-0.15, -0.1) is 0 Å². The van der Waals surface area contributed by atoms with Crippen LogP contribution in [0.5, 0.6) is 0 Å². The zero-order valence-electron chi connectivity index (χ0n) is 6.38. The Morgan fingerprint density at radius 1 is 1.50 bits per heavy atom. The van der Waals surface area contributed by atoms with E-state index in [0.29, 0.717) is 0 Å². The second-order valence-electron chi connectivity index (χ2n) is 2.22. The number of nitro groups is 1. The summed E-state index contributed by atoms with van der Waals surface area (Å²) in [4.78, 5) is 12.9. The third-order valence-electron chi connectivity index (χ3n) is 1.35. The predicted octanol–water partition coefficient (Wildman–Crippen LogP) is 3.45. The van der Waals surface area contributed by atoms with E-state index in [1.165, 1.54) is 0 Å². The number of pyridine rings is 1. The van der Waals surface area contributed by atoms with E-state index in [9.17, 15) is 18.9 Å². The van der Waals surface area contributed by atoms with E-state index in [0.717, 1.165) is 6.07 Å². The van der Waals surface area contributed by atoms with Gasteiger partial charge in [-0.2, -0.15) is 0 Å². The van der Waals surface area contributed by atoms with Gasteiger partial charge < -0.3 is 10.1 Å². The summed E-state index contributed by atoms with van der Waals surface area (Å²) in [6.07, 6.45) is -2.74. The zero-order chi connectivity index (χ0) is 10.9. The van der Waals surface area contributed by atoms with E-state index in [-0.39, 0.29) is 9.08 Å². The summed E-state index contributed by atoms with van der Waals surface area (Å²) < 4.78 is 24.4. The molecule has 0 aliphatic heterocycles. The normalized spacial score (nSPS) is 10.6. The minimum absolute atomic E-state index is 0.0407. The average molecular weight is 332 g/mol. The summed E-state index contributed by atoms with van der Waals surface area (Å²) in [7, 11) is 0. The SMILES string of the molecule is O=[N+]([O-])c1cc(Br)c(C(F)F)c(Br)n1. The fourth-order valence-corrected chi connectivity index (χ4v) is 2.17.